The molecule has 71 heavy (non-hydrogen) atoms. The zero-order valence-corrected chi connectivity index (χ0v) is 43.2. The number of hydrogen-bond acceptors (Lipinski definition) is 8. The van der Waals surface area contributed by atoms with Gasteiger partial charge < -0.3 is 19.9 Å². The number of nitrogens with zero attached hydrogens (tertiary/aromatic N) is 14. The second kappa shape index (κ2) is 18.9. The predicted molar refractivity (Wildman–Crippen MR) is 260 cm³/mol. The van der Waals surface area contributed by atoms with Gasteiger partial charge in [0.15, 0.2) is 5.41 Å². The molecule has 1 unspecified atom stereocenters. The Labute approximate surface area is 430 Å². The van der Waals surface area contributed by atoms with Crippen LogP contribution in [0.3, 0.4) is 0 Å². The van der Waals surface area contributed by atoms with E-state index in [2.05, 4.69) is 41.8 Å². The van der Waals surface area contributed by atoms with Crippen LogP contribution < -0.4 is 30.4 Å². The molecule has 0 amide bonds. The molecule has 0 spiro atoms. The predicted octanol–water partition coefficient (Wildman–Crippen LogP) is 7.35. The molecule has 16 bridgehead atoms. The van der Waals surface area contributed by atoms with E-state index in [0.717, 1.165) is 39.8 Å². The van der Waals surface area contributed by atoms with Crippen molar-refractivity contribution in [1.29, 1.82) is 21.0 Å². The van der Waals surface area contributed by atoms with Crippen LogP contribution in [-0.4, -0.2) is 21.4 Å². The van der Waals surface area contributed by atoms with Gasteiger partial charge in [0.2, 0.25) is 0 Å². The second-order valence-corrected chi connectivity index (χ2v) is 16.2. The third-order valence-corrected chi connectivity index (χ3v) is 12.0. The summed E-state index contributed by atoms with van der Waals surface area (Å²) < 4.78 is 0. The summed E-state index contributed by atoms with van der Waals surface area (Å²) in [6.07, 6.45) is 19.4. The molecule has 0 saturated carbocycles. The zero-order valence-electron chi connectivity index (χ0n) is 37.2. The van der Waals surface area contributed by atoms with Crippen LogP contribution in [0.4, 0.5) is 0 Å². The summed E-state index contributed by atoms with van der Waals surface area (Å²) in [5, 5.41) is 40.4. The van der Waals surface area contributed by atoms with Crippen LogP contribution in [0.25, 0.3) is 79.6 Å². The van der Waals surface area contributed by atoms with Crippen molar-refractivity contribution in [2.24, 2.45) is 9.98 Å². The number of hydrogen-bond donors (Lipinski definition) is 0. The zero-order chi connectivity index (χ0) is 47.2. The molecule has 14 nitrogen and oxygen atoms in total. The Morgan fingerprint density at radius 1 is 0.606 bits per heavy atom. The average Bonchev–Trinajstić information content (AvgIpc) is 4.22. The molecular weight excluding hydrogens is 987 g/mol. The van der Waals surface area contributed by atoms with Crippen molar-refractivity contribution in [3.8, 4) is 24.3 Å². The van der Waals surface area contributed by atoms with E-state index in [9.17, 15) is 21.0 Å². The minimum atomic E-state index is -1.44. The molecule has 0 fully saturated rings. The first kappa shape index (κ1) is 46.7. The maximum absolute atomic E-state index is 10.3. The number of fused-ring (bicyclic) bond motifs is 16. The summed E-state index contributed by atoms with van der Waals surface area (Å²) in [6.45, 7) is 14.9. The molecule has 1 atom stereocenters. The van der Waals surface area contributed by atoms with Gasteiger partial charge in [-0.2, -0.15) is 16.2 Å². The van der Waals surface area contributed by atoms with Gasteiger partial charge in [0.05, 0.1) is 77.3 Å². The topological polar surface area (TPSA) is 211 Å². The molecule has 320 valence electrons. The van der Waals surface area contributed by atoms with Gasteiger partial charge in [-0.05, 0) is 71.7 Å². The number of aromatic nitrogens is 6. The summed E-state index contributed by atoms with van der Waals surface area (Å²) in [6, 6.07) is 32.5. The van der Waals surface area contributed by atoms with Gasteiger partial charge in [-0.25, -0.2) is 30.2 Å². The minimum absolute atomic E-state index is 0. The molecular formula is C55H26N14Zn2. The summed E-state index contributed by atoms with van der Waals surface area (Å²) in [5.41, 5.74) is 11.2. The summed E-state index contributed by atoms with van der Waals surface area (Å²) >= 11 is 0. The molecule has 16 heteroatoms. The van der Waals surface area contributed by atoms with Crippen LogP contribution in [-0.2, 0) is 50.8 Å². The number of benzene rings is 1. The summed E-state index contributed by atoms with van der Waals surface area (Å²) in [7, 11) is 0. The minimum Gasteiger partial charge on any atom is -0.661 e. The van der Waals surface area contributed by atoms with Crippen molar-refractivity contribution >= 4 is 81.3 Å². The molecule has 6 aromatic rings. The van der Waals surface area contributed by atoms with Crippen molar-refractivity contribution in [2.75, 3.05) is 0 Å². The average molecular weight is 1010 g/mol. The normalized spacial score (nSPS) is 16.3. The molecule has 1 aromatic carbocycles. The third kappa shape index (κ3) is 8.28. The van der Waals surface area contributed by atoms with Crippen molar-refractivity contribution in [3.05, 3.63) is 210 Å². The molecule has 5 aliphatic heterocycles. The van der Waals surface area contributed by atoms with E-state index in [0.29, 0.717) is 84.2 Å². The maximum Gasteiger partial charge on any atom is 2.00 e. The van der Waals surface area contributed by atoms with Crippen molar-refractivity contribution < 1.29 is 39.0 Å². The second-order valence-electron chi connectivity index (χ2n) is 16.2. The van der Waals surface area contributed by atoms with E-state index < -0.39 is 5.41 Å². The number of rotatable bonds is 0. The number of allylic oxidation sites excluding steroid dienone is 4. The van der Waals surface area contributed by atoms with Gasteiger partial charge in [-0.15, -0.1) is 39.1 Å². The van der Waals surface area contributed by atoms with Crippen LogP contribution in [0.5, 0.6) is 0 Å². The third-order valence-electron chi connectivity index (χ3n) is 12.0. The van der Waals surface area contributed by atoms with E-state index in [4.69, 9.17) is 33.1 Å². The fourth-order valence-electron chi connectivity index (χ4n) is 9.04. The van der Waals surface area contributed by atoms with Gasteiger partial charge in [0, 0.05) is 22.1 Å². The Morgan fingerprint density at radius 3 is 1.83 bits per heavy atom. The summed E-state index contributed by atoms with van der Waals surface area (Å²) in [4.78, 5) is 44.4. The van der Waals surface area contributed by atoms with Crippen LogP contribution >= 0.6 is 0 Å². The van der Waals surface area contributed by atoms with E-state index in [1.165, 1.54) is 0 Å². The summed E-state index contributed by atoms with van der Waals surface area (Å²) in [5.74, 6) is -0.292. The molecule has 5 aromatic heterocycles. The molecule has 0 N–H and O–H groups in total. The Bertz CT molecular complexity index is 3960. The van der Waals surface area contributed by atoms with Gasteiger partial charge in [-0.3, -0.25) is 9.98 Å². The molecule has 10 heterocycles. The first-order valence-electron chi connectivity index (χ1n) is 21.3. The molecule has 1 aliphatic carbocycles. The smallest absolute Gasteiger partial charge is 0.661 e. The van der Waals surface area contributed by atoms with Gasteiger partial charge in [-0.1, -0.05) is 91.0 Å². The maximum atomic E-state index is 10.3. The number of aliphatic imine (C=N–C) groups is 2. The SMILES string of the molecule is N#CC1(C#N)c2ccccc2C2C3=NC(=Cc4ccc([n-]4)CC4=NC(=Cc5cc1c2[n-]5)C=C4)C=C3.[C-]#[N+]/C(C#N)=c1/c2nc(cc3ccc([n-]3)/c(=C(\C#N)[N+]#[C-])c3nc(cc4ccc1[n-]4)C=C3)C=C2.[Zn+2].[Zn+2]. The van der Waals surface area contributed by atoms with Crippen LogP contribution in [0, 0.1) is 58.5 Å². The monoisotopic (exact) mass is 1010 g/mol. The Morgan fingerprint density at radius 2 is 1.21 bits per heavy atom. The first-order valence-corrected chi connectivity index (χ1v) is 21.3. The first-order chi connectivity index (χ1) is 33.8. The van der Waals surface area contributed by atoms with Crippen LogP contribution in [0.2, 0.25) is 0 Å². The fraction of sp³-hybridized carbons (Fsp3) is 0.0545. The number of nitriles is 4. The van der Waals surface area contributed by atoms with E-state index >= 15 is 0 Å². The Kier molecular flexibility index (Phi) is 12.5. The standard InChI is InChI=1S/C29H16N6.C26H10N8.2Zn/c30-15-29(16-31)24-4-2-1-3-23(24)27-26-10-9-21(34-26)12-19-6-5-17(32-19)11-18-7-8-20(33-18)13-22-14-25(29)28(27)35-22;1-29-23(13-27)25-19-7-3-15(31-19)11-17-5-9-21(33-17)26(24(14-28)30-2)22-10-6-18(34-22)12-16-4-8-20(25)32-16;;/h1-10,12-14,27H,11H2;3-12H;;/q2*-2;2*+2/b;15-11?,18-12?,25-23-,26-24-;;. The molecule has 0 saturated heterocycles. The van der Waals surface area contributed by atoms with Crippen molar-refractivity contribution in [3.63, 3.8) is 0 Å². The quantitative estimate of drug-likeness (QED) is 0.109. The van der Waals surface area contributed by atoms with E-state index in [1.807, 2.05) is 91.1 Å². The fourth-order valence-corrected chi connectivity index (χ4v) is 9.04. The molecule has 12 rings (SSSR count). The largest absolute Gasteiger partial charge is 2.00 e. The molecule has 6 aliphatic rings. The molecule has 0 radical (unpaired) electrons. The van der Waals surface area contributed by atoms with Crippen LogP contribution in [0.1, 0.15) is 68.2 Å². The van der Waals surface area contributed by atoms with E-state index in [-0.39, 0.29) is 56.3 Å². The van der Waals surface area contributed by atoms with E-state index in [1.54, 1.807) is 60.7 Å². The van der Waals surface area contributed by atoms with Crippen molar-refractivity contribution in [1.82, 2.24) is 29.9 Å². The Hall–Kier alpha value is -9.39. The van der Waals surface area contributed by atoms with Gasteiger partial charge >= 0.3 is 39.0 Å². The Balaban J connectivity index is 0.000000171. The van der Waals surface area contributed by atoms with Gasteiger partial charge in [0.25, 0.3) is 11.4 Å². The van der Waals surface area contributed by atoms with Gasteiger partial charge in [0.1, 0.15) is 0 Å². The van der Waals surface area contributed by atoms with Crippen molar-refractivity contribution in [2.45, 2.75) is 17.8 Å². The van der Waals surface area contributed by atoms with Crippen LogP contribution in [0.15, 0.2) is 125 Å².